The first-order valence-electron chi connectivity index (χ1n) is 6.81. The van der Waals surface area contributed by atoms with Gasteiger partial charge in [0, 0.05) is 11.4 Å². The van der Waals surface area contributed by atoms with Crippen LogP contribution >= 0.6 is 12.6 Å². The van der Waals surface area contributed by atoms with Crippen LogP contribution in [0.5, 0.6) is 0 Å². The lowest BCUT2D eigenvalue weighted by Gasteiger charge is -2.21. The number of nitrogens with one attached hydrogen (secondary N) is 1. The first-order chi connectivity index (χ1) is 9.70. The van der Waals surface area contributed by atoms with Gasteiger partial charge in [0.05, 0.1) is 6.10 Å². The average Bonchev–Trinajstić information content (AvgIpc) is 2.36. The number of carbonyl (C=O) groups excluding carboxylic acids is 1. The zero-order valence-corrected chi connectivity index (χ0v) is 13.4. The molecule has 2 atom stereocenters. The molecule has 21 heavy (non-hydrogen) atoms. The molecular weight excluding hydrogens is 290 g/mol. The molecule has 118 valence electrons. The topological polar surface area (TPSA) is 78.8 Å². The van der Waals surface area contributed by atoms with Crippen molar-refractivity contribution in [2.75, 3.05) is 6.54 Å². The first-order valence-corrected chi connectivity index (χ1v) is 7.26. The van der Waals surface area contributed by atoms with E-state index in [0.717, 1.165) is 0 Å². The molecule has 1 amide bonds. The molecule has 1 aromatic carbocycles. The number of hydrogen-bond donors (Lipinski definition) is 4. The Balaban J connectivity index is 2.42. The van der Waals surface area contributed by atoms with Gasteiger partial charge >= 0.3 is 6.09 Å². The zero-order valence-electron chi connectivity index (χ0n) is 12.5. The van der Waals surface area contributed by atoms with Crippen molar-refractivity contribution in [1.82, 2.24) is 5.32 Å². The first kappa shape index (κ1) is 17.8. The lowest BCUT2D eigenvalue weighted by atomic mass is 10.0. The van der Waals surface area contributed by atoms with Crippen molar-refractivity contribution >= 4 is 18.7 Å². The number of rotatable bonds is 5. The molecule has 0 aromatic heterocycles. The van der Waals surface area contributed by atoms with E-state index in [2.05, 4.69) is 17.9 Å². The summed E-state index contributed by atoms with van der Waals surface area (Å²) in [5, 5.41) is 22.6. The Bertz CT molecular complexity index is 473. The summed E-state index contributed by atoms with van der Waals surface area (Å²) < 4.78 is 5.08. The summed E-state index contributed by atoms with van der Waals surface area (Å²) in [6.07, 6.45) is -2.37. The van der Waals surface area contributed by atoms with Crippen LogP contribution in [0, 0.1) is 0 Å². The normalized spacial score (nSPS) is 14.4. The summed E-state index contributed by atoms with van der Waals surface area (Å²) in [6, 6.07) is 7.02. The van der Waals surface area contributed by atoms with Crippen LogP contribution in [0.2, 0.25) is 0 Å². The second-order valence-corrected chi connectivity index (χ2v) is 6.27. The van der Waals surface area contributed by atoms with Crippen LogP contribution in [0.1, 0.15) is 38.9 Å². The van der Waals surface area contributed by atoms with Crippen molar-refractivity contribution in [3.63, 3.8) is 0 Å². The largest absolute Gasteiger partial charge is 0.444 e. The van der Waals surface area contributed by atoms with E-state index >= 15 is 0 Å². The predicted octanol–water partition coefficient (Wildman–Crippen LogP) is 2.28. The summed E-state index contributed by atoms with van der Waals surface area (Å²) in [7, 11) is 0. The third-order valence-corrected chi connectivity index (χ3v) is 3.14. The number of hydrogen-bond acceptors (Lipinski definition) is 5. The lowest BCUT2D eigenvalue weighted by molar-refractivity contribution is 0.0109. The van der Waals surface area contributed by atoms with E-state index in [4.69, 9.17) is 4.74 Å². The van der Waals surface area contributed by atoms with Crippen LogP contribution in [0.4, 0.5) is 4.79 Å². The van der Waals surface area contributed by atoms with Crippen LogP contribution in [-0.2, 0) is 4.74 Å². The van der Waals surface area contributed by atoms with Gasteiger partial charge in [0.1, 0.15) is 11.7 Å². The molecule has 3 N–H and O–H groups in total. The minimum Gasteiger partial charge on any atom is -0.444 e. The van der Waals surface area contributed by atoms with E-state index in [1.807, 2.05) is 0 Å². The van der Waals surface area contributed by atoms with Crippen molar-refractivity contribution in [1.29, 1.82) is 0 Å². The van der Waals surface area contributed by atoms with Crippen molar-refractivity contribution in [3.05, 3.63) is 29.8 Å². The van der Waals surface area contributed by atoms with Gasteiger partial charge in [0.25, 0.3) is 0 Å². The van der Waals surface area contributed by atoms with Gasteiger partial charge in [-0.05, 0) is 38.8 Å². The van der Waals surface area contributed by atoms with E-state index in [1.54, 1.807) is 45.0 Å². The molecule has 0 saturated carbocycles. The Hall–Kier alpha value is -1.24. The molecular formula is C15H23NO4S. The number of amides is 1. The van der Waals surface area contributed by atoms with Crippen molar-refractivity contribution in [2.24, 2.45) is 0 Å². The monoisotopic (exact) mass is 313 g/mol. The van der Waals surface area contributed by atoms with Crippen LogP contribution in [0.25, 0.3) is 0 Å². The smallest absolute Gasteiger partial charge is 0.407 e. The Morgan fingerprint density at radius 2 is 1.95 bits per heavy atom. The highest BCUT2D eigenvalue weighted by Gasteiger charge is 2.21. The molecule has 6 heteroatoms. The van der Waals surface area contributed by atoms with Crippen LogP contribution in [0.15, 0.2) is 29.2 Å². The second-order valence-electron chi connectivity index (χ2n) is 5.79. The third-order valence-electron chi connectivity index (χ3n) is 2.73. The maximum absolute atomic E-state index is 11.4. The lowest BCUT2D eigenvalue weighted by Crippen LogP contribution is -2.34. The van der Waals surface area contributed by atoms with Crippen molar-refractivity contribution in [2.45, 2.75) is 49.9 Å². The summed E-state index contributed by atoms with van der Waals surface area (Å²) in [4.78, 5) is 12.1. The van der Waals surface area contributed by atoms with Gasteiger partial charge in [0.2, 0.25) is 0 Å². The minimum atomic E-state index is -1.04. The standard InChI is InChI=1S/C15H23NO4S/c1-15(2,3)20-14(19)16-9-8-11(17)13(18)10-6-4-5-7-12(10)21/h4-7,11,13,17-18,21H,8-9H2,1-3H3,(H,16,19). The SMILES string of the molecule is CC(C)(C)OC(=O)NCCC(O)C(O)c1ccccc1S. The van der Waals surface area contributed by atoms with Gasteiger partial charge in [-0.25, -0.2) is 4.79 Å². The van der Waals surface area contributed by atoms with E-state index in [-0.39, 0.29) is 13.0 Å². The van der Waals surface area contributed by atoms with Crippen LogP contribution in [0.3, 0.4) is 0 Å². The van der Waals surface area contributed by atoms with Gasteiger partial charge in [-0.3, -0.25) is 0 Å². The molecule has 0 aliphatic heterocycles. The number of aliphatic hydroxyl groups excluding tert-OH is 2. The molecule has 5 nitrogen and oxygen atoms in total. The fourth-order valence-electron chi connectivity index (χ4n) is 1.74. The Kier molecular flexibility index (Phi) is 6.51. The van der Waals surface area contributed by atoms with Crippen molar-refractivity contribution in [3.8, 4) is 0 Å². The van der Waals surface area contributed by atoms with E-state index in [0.29, 0.717) is 10.5 Å². The van der Waals surface area contributed by atoms with E-state index in [1.165, 1.54) is 0 Å². The van der Waals surface area contributed by atoms with Gasteiger partial charge in [0.15, 0.2) is 0 Å². The number of carbonyl (C=O) groups is 1. The maximum Gasteiger partial charge on any atom is 0.407 e. The second kappa shape index (κ2) is 7.68. The summed E-state index contributed by atoms with van der Waals surface area (Å²) in [5.74, 6) is 0. The number of benzene rings is 1. The molecule has 1 aromatic rings. The quantitative estimate of drug-likeness (QED) is 0.629. The molecule has 0 radical (unpaired) electrons. The summed E-state index contributed by atoms with van der Waals surface area (Å²) >= 11 is 4.24. The van der Waals surface area contributed by atoms with E-state index < -0.39 is 23.9 Å². The number of ether oxygens (including phenoxy) is 1. The van der Waals surface area contributed by atoms with Crippen molar-refractivity contribution < 1.29 is 19.7 Å². The highest BCUT2D eigenvalue weighted by Crippen LogP contribution is 2.24. The fraction of sp³-hybridized carbons (Fsp3) is 0.533. The summed E-state index contributed by atoms with van der Waals surface area (Å²) in [6.45, 7) is 5.53. The highest BCUT2D eigenvalue weighted by atomic mass is 32.1. The Labute approximate surface area is 130 Å². The number of thiol groups is 1. The molecule has 0 bridgehead atoms. The zero-order chi connectivity index (χ0) is 16.0. The molecule has 0 aliphatic rings. The third kappa shape index (κ3) is 6.37. The molecule has 2 unspecified atom stereocenters. The van der Waals surface area contributed by atoms with Crippen LogP contribution in [-0.4, -0.2) is 34.6 Å². The fourth-order valence-corrected chi connectivity index (χ4v) is 2.03. The number of aliphatic hydroxyl groups is 2. The van der Waals surface area contributed by atoms with Gasteiger partial charge in [-0.2, -0.15) is 0 Å². The predicted molar refractivity (Wildman–Crippen MR) is 83.5 cm³/mol. The minimum absolute atomic E-state index is 0.210. The van der Waals surface area contributed by atoms with Gasteiger partial charge < -0.3 is 20.3 Å². The molecule has 0 aliphatic carbocycles. The van der Waals surface area contributed by atoms with Crippen LogP contribution < -0.4 is 5.32 Å². The maximum atomic E-state index is 11.4. The van der Waals surface area contributed by atoms with E-state index in [9.17, 15) is 15.0 Å². The average molecular weight is 313 g/mol. The van der Waals surface area contributed by atoms with Gasteiger partial charge in [-0.15, -0.1) is 12.6 Å². The number of alkyl carbamates (subject to hydrolysis) is 1. The summed E-state index contributed by atoms with van der Waals surface area (Å²) in [5.41, 5.74) is -0.00158. The molecule has 0 saturated heterocycles. The highest BCUT2D eigenvalue weighted by molar-refractivity contribution is 7.80. The Morgan fingerprint density at radius 1 is 1.33 bits per heavy atom. The Morgan fingerprint density at radius 3 is 2.52 bits per heavy atom. The molecule has 0 spiro atoms. The molecule has 1 rings (SSSR count). The molecule has 0 heterocycles. The van der Waals surface area contributed by atoms with Gasteiger partial charge in [-0.1, -0.05) is 18.2 Å². The molecule has 0 fully saturated rings.